The van der Waals surface area contributed by atoms with E-state index < -0.39 is 0 Å². The molecule has 1 saturated heterocycles. The van der Waals surface area contributed by atoms with Crippen molar-refractivity contribution in [3.05, 3.63) is 5.82 Å². The second-order valence-corrected chi connectivity index (χ2v) is 7.26. The van der Waals surface area contributed by atoms with Crippen molar-refractivity contribution < 1.29 is 14.3 Å². The molecule has 2 heterocycles. The number of likely N-dealkylation sites (N-methyl/N-ethyl adjacent to an activating group) is 1. The number of hydrogen-bond acceptors (Lipinski definition) is 7. The molecule has 2 rings (SSSR count). The topological polar surface area (TPSA) is 67.8 Å². The van der Waals surface area contributed by atoms with Crippen LogP contribution in [0, 0.1) is 0 Å². The first-order valence-corrected chi connectivity index (χ1v) is 8.61. The van der Waals surface area contributed by atoms with Crippen LogP contribution in [0.15, 0.2) is 0 Å². The Morgan fingerprint density at radius 2 is 2.26 bits per heavy atom. The number of aromatic nitrogens is 2. The summed E-state index contributed by atoms with van der Waals surface area (Å²) >= 11 is 1.42. The lowest BCUT2D eigenvalue weighted by atomic mass is 10.1. The largest absolute Gasteiger partial charge is 0.369 e. The first-order chi connectivity index (χ1) is 10.8. The van der Waals surface area contributed by atoms with E-state index >= 15 is 0 Å². The number of amides is 1. The summed E-state index contributed by atoms with van der Waals surface area (Å²) in [6, 6.07) is 0. The predicted molar refractivity (Wildman–Crippen MR) is 90.0 cm³/mol. The Morgan fingerprint density at radius 3 is 2.87 bits per heavy atom. The first-order valence-electron chi connectivity index (χ1n) is 7.84. The lowest BCUT2D eigenvalue weighted by Gasteiger charge is -2.42. The Balaban J connectivity index is 1.94. The molecule has 0 aromatic carbocycles. The van der Waals surface area contributed by atoms with Gasteiger partial charge in [0.2, 0.25) is 11.0 Å². The average Bonchev–Trinajstić information content (AvgIpc) is 2.94. The minimum Gasteiger partial charge on any atom is -0.369 e. The number of anilines is 1. The summed E-state index contributed by atoms with van der Waals surface area (Å²) in [5, 5.41) is 0.924. The molecule has 0 bridgehead atoms. The maximum Gasteiger partial charge on any atom is 0.248 e. The fourth-order valence-corrected chi connectivity index (χ4v) is 3.21. The molecule has 0 spiro atoms. The molecular weight excluding hydrogens is 316 g/mol. The SMILES string of the molecule is CCc1nsc(N2CC(COCC(=O)N(C)C)OC(C)(C)C2)n1. The standard InChI is InChI=1S/C15H26N4O3S/c1-6-12-16-14(23-17-12)19-7-11(22-15(2,3)10-19)8-21-9-13(20)18(4)5/h11H,6-10H2,1-5H3. The maximum atomic E-state index is 11.6. The van der Waals surface area contributed by atoms with E-state index in [2.05, 4.69) is 28.1 Å². The maximum absolute atomic E-state index is 11.6. The predicted octanol–water partition coefficient (Wildman–Crippen LogP) is 1.19. The molecule has 1 amide bonds. The van der Waals surface area contributed by atoms with Gasteiger partial charge in [0, 0.05) is 45.1 Å². The summed E-state index contributed by atoms with van der Waals surface area (Å²) in [5.74, 6) is 0.826. The highest BCUT2D eigenvalue weighted by atomic mass is 32.1. The van der Waals surface area contributed by atoms with Gasteiger partial charge in [-0.1, -0.05) is 6.92 Å². The second kappa shape index (κ2) is 7.55. The van der Waals surface area contributed by atoms with Crippen molar-refractivity contribution in [2.45, 2.75) is 38.9 Å². The Labute approximate surface area is 141 Å². The Bertz CT molecular complexity index is 533. The molecule has 1 aromatic heterocycles. The van der Waals surface area contributed by atoms with E-state index in [1.54, 1.807) is 14.1 Å². The van der Waals surface area contributed by atoms with Gasteiger partial charge in [-0.15, -0.1) is 0 Å². The van der Waals surface area contributed by atoms with Crippen LogP contribution in [-0.2, 0) is 20.7 Å². The normalized spacial score (nSPS) is 20.6. The number of rotatable bonds is 6. The molecule has 8 heteroatoms. The van der Waals surface area contributed by atoms with Gasteiger partial charge in [-0.05, 0) is 13.8 Å². The van der Waals surface area contributed by atoms with Crippen LogP contribution in [0.2, 0.25) is 0 Å². The monoisotopic (exact) mass is 342 g/mol. The lowest BCUT2D eigenvalue weighted by molar-refractivity contribution is -0.139. The van der Waals surface area contributed by atoms with Gasteiger partial charge in [0.15, 0.2) is 0 Å². The number of hydrogen-bond donors (Lipinski definition) is 0. The number of morpholine rings is 1. The Hall–Kier alpha value is -1.25. The van der Waals surface area contributed by atoms with Gasteiger partial charge < -0.3 is 19.3 Å². The van der Waals surface area contributed by atoms with Gasteiger partial charge in [-0.2, -0.15) is 4.37 Å². The van der Waals surface area contributed by atoms with Crippen LogP contribution >= 0.6 is 11.5 Å². The van der Waals surface area contributed by atoms with Crippen LogP contribution in [-0.4, -0.2) is 72.3 Å². The zero-order valence-electron chi connectivity index (χ0n) is 14.5. The zero-order chi connectivity index (χ0) is 17.0. The molecule has 0 N–H and O–H groups in total. The van der Waals surface area contributed by atoms with E-state index in [-0.39, 0.29) is 24.2 Å². The zero-order valence-corrected chi connectivity index (χ0v) is 15.4. The molecule has 1 unspecified atom stereocenters. The molecule has 23 heavy (non-hydrogen) atoms. The first kappa shape index (κ1) is 18.1. The van der Waals surface area contributed by atoms with Crippen molar-refractivity contribution in [3.63, 3.8) is 0 Å². The average molecular weight is 342 g/mol. The van der Waals surface area contributed by atoms with E-state index in [1.165, 1.54) is 16.4 Å². The highest BCUT2D eigenvalue weighted by Crippen LogP contribution is 2.27. The van der Waals surface area contributed by atoms with Crippen LogP contribution in [0.3, 0.4) is 0 Å². The van der Waals surface area contributed by atoms with Crippen molar-refractivity contribution >= 4 is 22.6 Å². The molecule has 7 nitrogen and oxygen atoms in total. The smallest absolute Gasteiger partial charge is 0.248 e. The molecule has 1 aromatic rings. The third-order valence-corrected chi connectivity index (χ3v) is 4.37. The highest BCUT2D eigenvalue weighted by molar-refractivity contribution is 7.09. The van der Waals surface area contributed by atoms with Gasteiger partial charge >= 0.3 is 0 Å². The van der Waals surface area contributed by atoms with Crippen LogP contribution in [0.1, 0.15) is 26.6 Å². The van der Waals surface area contributed by atoms with Crippen LogP contribution < -0.4 is 4.90 Å². The van der Waals surface area contributed by atoms with Crippen molar-refractivity contribution in [3.8, 4) is 0 Å². The third-order valence-electron chi connectivity index (χ3n) is 3.55. The van der Waals surface area contributed by atoms with E-state index in [0.29, 0.717) is 13.2 Å². The molecule has 1 atom stereocenters. The summed E-state index contributed by atoms with van der Waals surface area (Å²) in [6.45, 7) is 8.08. The number of carbonyl (C=O) groups excluding carboxylic acids is 1. The van der Waals surface area contributed by atoms with E-state index in [4.69, 9.17) is 9.47 Å². The van der Waals surface area contributed by atoms with Gasteiger partial charge in [0.1, 0.15) is 12.4 Å². The number of aryl methyl sites for hydroxylation is 1. The summed E-state index contributed by atoms with van der Waals surface area (Å²) in [6.07, 6.45) is 0.742. The van der Waals surface area contributed by atoms with Gasteiger partial charge in [0.25, 0.3) is 0 Å². The second-order valence-electron chi connectivity index (χ2n) is 6.53. The van der Waals surface area contributed by atoms with Crippen molar-refractivity contribution in [1.82, 2.24) is 14.3 Å². The Kier molecular flexibility index (Phi) is 5.94. The van der Waals surface area contributed by atoms with Gasteiger partial charge in [-0.25, -0.2) is 4.98 Å². The molecule has 1 fully saturated rings. The van der Waals surface area contributed by atoms with Crippen LogP contribution in [0.5, 0.6) is 0 Å². The summed E-state index contributed by atoms with van der Waals surface area (Å²) in [7, 11) is 3.43. The summed E-state index contributed by atoms with van der Waals surface area (Å²) < 4.78 is 15.9. The fraction of sp³-hybridized carbons (Fsp3) is 0.800. The molecule has 0 radical (unpaired) electrons. The molecular formula is C15H26N4O3S. The molecule has 1 aliphatic heterocycles. The highest BCUT2D eigenvalue weighted by Gasteiger charge is 2.35. The summed E-state index contributed by atoms with van der Waals surface area (Å²) in [5.41, 5.74) is -0.296. The third kappa shape index (κ3) is 5.12. The number of ether oxygens (including phenoxy) is 2. The minimum atomic E-state index is -0.296. The molecule has 0 aliphatic carbocycles. The number of carbonyl (C=O) groups is 1. The van der Waals surface area contributed by atoms with Gasteiger partial charge in [0.05, 0.1) is 18.3 Å². The van der Waals surface area contributed by atoms with E-state index in [9.17, 15) is 4.79 Å². The van der Waals surface area contributed by atoms with Crippen molar-refractivity contribution in [1.29, 1.82) is 0 Å². The Morgan fingerprint density at radius 1 is 1.52 bits per heavy atom. The van der Waals surface area contributed by atoms with Gasteiger partial charge in [-0.3, -0.25) is 4.79 Å². The summed E-state index contributed by atoms with van der Waals surface area (Å²) in [4.78, 5) is 19.8. The molecule has 130 valence electrons. The molecule has 1 aliphatic rings. The van der Waals surface area contributed by atoms with Crippen LogP contribution in [0.4, 0.5) is 5.13 Å². The van der Waals surface area contributed by atoms with Crippen LogP contribution in [0.25, 0.3) is 0 Å². The van der Waals surface area contributed by atoms with E-state index in [1.807, 2.05) is 6.92 Å². The number of nitrogens with zero attached hydrogens (tertiary/aromatic N) is 4. The molecule has 0 saturated carbocycles. The van der Waals surface area contributed by atoms with E-state index in [0.717, 1.165) is 23.9 Å². The quantitative estimate of drug-likeness (QED) is 0.774. The van der Waals surface area contributed by atoms with Crippen molar-refractivity contribution in [2.24, 2.45) is 0 Å². The lowest BCUT2D eigenvalue weighted by Crippen LogP contribution is -2.54. The minimum absolute atomic E-state index is 0.0476. The van der Waals surface area contributed by atoms with Crippen molar-refractivity contribution in [2.75, 3.05) is 45.3 Å². The fourth-order valence-electron chi connectivity index (χ4n) is 2.45.